The summed E-state index contributed by atoms with van der Waals surface area (Å²) in [6.45, 7) is 0. The van der Waals surface area contributed by atoms with Crippen molar-refractivity contribution in [3.63, 3.8) is 0 Å². The van der Waals surface area contributed by atoms with Crippen LogP contribution < -0.4 is 0 Å². The highest BCUT2D eigenvalue weighted by Gasteiger charge is 2.57. The highest BCUT2D eigenvalue weighted by Crippen LogP contribution is 2.61. The van der Waals surface area contributed by atoms with Gasteiger partial charge in [0.15, 0.2) is 5.78 Å². The number of benzene rings is 4. The van der Waals surface area contributed by atoms with Crippen molar-refractivity contribution < 1.29 is 9.53 Å². The van der Waals surface area contributed by atoms with E-state index < -0.39 is 11.5 Å². The van der Waals surface area contributed by atoms with Crippen molar-refractivity contribution in [2.75, 3.05) is 12.5 Å². The molecule has 0 bridgehead atoms. The van der Waals surface area contributed by atoms with Crippen molar-refractivity contribution in [3.8, 4) is 0 Å². The van der Waals surface area contributed by atoms with Crippen LogP contribution in [0.2, 0.25) is 0 Å². The van der Waals surface area contributed by atoms with Crippen LogP contribution in [-0.2, 0) is 10.3 Å². The molecule has 5 heteroatoms. The molecule has 3 atom stereocenters. The van der Waals surface area contributed by atoms with E-state index in [4.69, 9.17) is 4.74 Å². The Kier molecular flexibility index (Phi) is 9.63. The lowest BCUT2D eigenvalue weighted by Gasteiger charge is -2.55. The molecule has 4 aromatic rings. The highest BCUT2D eigenvalue weighted by atomic mass is 32.2. The first-order valence-electron chi connectivity index (χ1n) is 18.3. The third-order valence-electron chi connectivity index (χ3n) is 11.6. The van der Waals surface area contributed by atoms with Gasteiger partial charge in [0.1, 0.15) is 11.8 Å². The lowest BCUT2D eigenvalue weighted by Crippen LogP contribution is -2.54. The molecule has 49 heavy (non-hydrogen) atoms. The number of ketones is 1. The predicted octanol–water partition coefficient (Wildman–Crippen LogP) is 11.5. The van der Waals surface area contributed by atoms with Crippen LogP contribution in [0.25, 0.3) is 11.6 Å². The number of nitrogens with zero attached hydrogens (tertiary/aromatic N) is 1. The number of ether oxygens (including phenoxy) is 1. The van der Waals surface area contributed by atoms with E-state index >= 15 is 4.79 Å². The maximum Gasteiger partial charge on any atom is 0.173 e. The number of rotatable bonds is 8. The second kappa shape index (κ2) is 14.3. The molecule has 0 aromatic heterocycles. The summed E-state index contributed by atoms with van der Waals surface area (Å²) in [5.74, 6) is -0.445. The van der Waals surface area contributed by atoms with Crippen LogP contribution in [0, 0.1) is 0 Å². The summed E-state index contributed by atoms with van der Waals surface area (Å²) >= 11 is 3.45. The summed E-state index contributed by atoms with van der Waals surface area (Å²) in [6, 6.07) is 35.5. The number of hydrogen-bond acceptors (Lipinski definition) is 5. The number of fused-ring (bicyclic) bond motifs is 4. The van der Waals surface area contributed by atoms with Gasteiger partial charge in [-0.1, -0.05) is 111 Å². The average molecular weight is 686 g/mol. The zero-order valence-electron chi connectivity index (χ0n) is 28.8. The Morgan fingerprint density at radius 2 is 1.22 bits per heavy atom. The lowest BCUT2D eigenvalue weighted by molar-refractivity contribution is -0.179. The molecule has 2 fully saturated rings. The third-order valence-corrected chi connectivity index (χ3v) is 13.1. The Morgan fingerprint density at radius 1 is 0.673 bits per heavy atom. The first kappa shape index (κ1) is 33.1. The van der Waals surface area contributed by atoms with Crippen molar-refractivity contribution in [1.29, 1.82) is 0 Å². The van der Waals surface area contributed by atoms with Gasteiger partial charge in [-0.2, -0.15) is 0 Å². The summed E-state index contributed by atoms with van der Waals surface area (Å²) in [4.78, 5) is 20.6. The van der Waals surface area contributed by atoms with Gasteiger partial charge in [-0.05, 0) is 96.4 Å². The monoisotopic (exact) mass is 685 g/mol. The van der Waals surface area contributed by atoms with Gasteiger partial charge in [0.05, 0.1) is 5.92 Å². The maximum atomic E-state index is 15.4. The van der Waals surface area contributed by atoms with E-state index in [2.05, 4.69) is 108 Å². The van der Waals surface area contributed by atoms with Crippen LogP contribution >= 0.6 is 23.5 Å². The van der Waals surface area contributed by atoms with Gasteiger partial charge in [0.2, 0.25) is 0 Å². The molecule has 0 radical (unpaired) electrons. The van der Waals surface area contributed by atoms with E-state index in [-0.39, 0.29) is 12.0 Å². The van der Waals surface area contributed by atoms with Crippen molar-refractivity contribution in [3.05, 3.63) is 130 Å². The second-order valence-corrected chi connectivity index (χ2v) is 16.0. The molecular weight excluding hydrogens is 639 g/mol. The Bertz CT molecular complexity index is 1800. The van der Waals surface area contributed by atoms with E-state index in [1.165, 1.54) is 80.2 Å². The van der Waals surface area contributed by atoms with E-state index in [9.17, 15) is 0 Å². The summed E-state index contributed by atoms with van der Waals surface area (Å²) in [7, 11) is 0. The smallest absolute Gasteiger partial charge is 0.173 e. The molecule has 4 aliphatic rings. The third kappa shape index (κ3) is 5.95. The van der Waals surface area contributed by atoms with Gasteiger partial charge in [-0.15, -0.1) is 23.5 Å². The number of carbonyl (C=O) groups is 1. The van der Waals surface area contributed by atoms with Gasteiger partial charge in [0.25, 0.3) is 0 Å². The summed E-state index contributed by atoms with van der Waals surface area (Å²) in [6.07, 6.45) is 18.9. The Balaban J connectivity index is 1.39. The number of carbonyl (C=O) groups excluding carboxylic acids is 1. The molecular formula is C44H47NO2S2. The molecule has 2 saturated carbocycles. The lowest BCUT2D eigenvalue weighted by atomic mass is 9.62. The highest BCUT2D eigenvalue weighted by molar-refractivity contribution is 7.98. The molecule has 1 heterocycles. The first-order valence-corrected chi connectivity index (χ1v) is 20.8. The second-order valence-electron chi connectivity index (χ2n) is 14.3. The molecule has 1 aliphatic heterocycles. The van der Waals surface area contributed by atoms with Gasteiger partial charge in [-0.3, -0.25) is 9.69 Å². The van der Waals surface area contributed by atoms with E-state index in [0.29, 0.717) is 12.1 Å². The standard InChI is InChI=1S/C44H47NO2S2/c1-48-35-25-21-30(22-26-35)42(46)41-37-18-10-9-13-31(37)29-40-38-19-11-12-20-39(38)43(47-44(40,41)32-23-27-36(49-2)28-24-32)45(33-14-5-3-6-15-33)34-16-7-4-8-17-34/h9-13,18-29,33-34,41,43H,3-8,14-17H2,1-2H3/t41-,43+,44-/m1/s1. The van der Waals surface area contributed by atoms with Gasteiger partial charge >= 0.3 is 0 Å². The Labute approximate surface area is 300 Å². The SMILES string of the molecule is CSc1ccc(C(=O)[C@H]2c3ccccc3C=C3c4ccccc4[C@@H](N(C4CCCCC4)C4CCCCC4)O[C@]32c2ccc(SC)cc2)cc1. The molecule has 3 nitrogen and oxygen atoms in total. The fourth-order valence-corrected chi connectivity index (χ4v) is 10.1. The van der Waals surface area contributed by atoms with Gasteiger partial charge in [-0.25, -0.2) is 0 Å². The number of thioether (sulfide) groups is 2. The van der Waals surface area contributed by atoms with Crippen LogP contribution in [0.5, 0.6) is 0 Å². The quantitative estimate of drug-likeness (QED) is 0.136. The zero-order chi connectivity index (χ0) is 33.4. The van der Waals surface area contributed by atoms with Crippen LogP contribution in [0.15, 0.2) is 107 Å². The van der Waals surface area contributed by atoms with Gasteiger partial charge in [0, 0.05) is 33.0 Å². The zero-order valence-corrected chi connectivity index (χ0v) is 30.4. The predicted molar refractivity (Wildman–Crippen MR) is 205 cm³/mol. The minimum Gasteiger partial charge on any atom is -0.342 e. The van der Waals surface area contributed by atoms with Crippen molar-refractivity contribution in [2.24, 2.45) is 0 Å². The molecule has 4 aromatic carbocycles. The fourth-order valence-electron chi connectivity index (χ4n) is 9.29. The molecule has 0 unspecified atom stereocenters. The van der Waals surface area contributed by atoms with E-state index in [0.717, 1.165) is 32.7 Å². The van der Waals surface area contributed by atoms with Crippen LogP contribution in [0.1, 0.15) is 115 Å². The van der Waals surface area contributed by atoms with Gasteiger partial charge < -0.3 is 4.74 Å². The van der Waals surface area contributed by atoms with Crippen LogP contribution in [0.4, 0.5) is 0 Å². The molecule has 0 N–H and O–H groups in total. The minimum atomic E-state index is -1.01. The van der Waals surface area contributed by atoms with Crippen LogP contribution in [-0.4, -0.2) is 35.3 Å². The first-order chi connectivity index (χ1) is 24.1. The summed E-state index contributed by atoms with van der Waals surface area (Å²) in [5, 5.41) is 0. The molecule has 0 saturated heterocycles. The van der Waals surface area contributed by atoms with Crippen molar-refractivity contribution >= 4 is 41.0 Å². The van der Waals surface area contributed by atoms with E-state index in [1.54, 1.807) is 23.5 Å². The molecule has 3 aliphatic carbocycles. The maximum absolute atomic E-state index is 15.4. The molecule has 0 spiro atoms. The molecule has 8 rings (SSSR count). The van der Waals surface area contributed by atoms with Crippen LogP contribution in [0.3, 0.4) is 0 Å². The summed E-state index contributed by atoms with van der Waals surface area (Å²) < 4.78 is 8.02. The Morgan fingerprint density at radius 3 is 1.84 bits per heavy atom. The van der Waals surface area contributed by atoms with Crippen molar-refractivity contribution in [1.82, 2.24) is 4.90 Å². The largest absolute Gasteiger partial charge is 0.342 e. The minimum absolute atomic E-state index is 0.111. The number of hydrogen-bond donors (Lipinski definition) is 0. The van der Waals surface area contributed by atoms with Crippen molar-refractivity contribution in [2.45, 2.75) is 104 Å². The normalized spacial score (nSPS) is 24.1. The fraction of sp³-hybridized carbons (Fsp3) is 0.386. The molecule has 0 amide bonds. The molecule has 252 valence electrons. The van der Waals surface area contributed by atoms with E-state index in [1.807, 2.05) is 12.1 Å². The number of Topliss-reactive ketones (excluding diaryl/α,β-unsaturated/α-hetero) is 1. The topological polar surface area (TPSA) is 29.5 Å². The Hall–Kier alpha value is -3.09. The summed E-state index contributed by atoms with van der Waals surface area (Å²) in [5.41, 5.74) is 6.47. The average Bonchev–Trinajstić information content (AvgIpc) is 3.18.